The van der Waals surface area contributed by atoms with E-state index in [9.17, 15) is 18.0 Å². The van der Waals surface area contributed by atoms with Crippen LogP contribution in [0, 0.1) is 0 Å². The van der Waals surface area contributed by atoms with Gasteiger partial charge >= 0.3 is 6.36 Å². The van der Waals surface area contributed by atoms with Gasteiger partial charge in [-0.25, -0.2) is 0 Å². The molecular formula is C13H13F3O3. The van der Waals surface area contributed by atoms with Gasteiger partial charge in [0.1, 0.15) is 23.4 Å². The van der Waals surface area contributed by atoms with Crippen LogP contribution < -0.4 is 9.47 Å². The summed E-state index contributed by atoms with van der Waals surface area (Å²) in [4.78, 5) is 11.2. The minimum atomic E-state index is -4.70. The van der Waals surface area contributed by atoms with Gasteiger partial charge in [0.15, 0.2) is 0 Å². The van der Waals surface area contributed by atoms with Crippen molar-refractivity contribution < 1.29 is 27.4 Å². The van der Waals surface area contributed by atoms with Gasteiger partial charge in [-0.3, -0.25) is 4.79 Å². The van der Waals surface area contributed by atoms with Crippen molar-refractivity contribution in [1.82, 2.24) is 0 Å². The first-order valence-corrected chi connectivity index (χ1v) is 5.96. The molecule has 2 rings (SSSR count). The molecule has 1 unspecified atom stereocenters. The summed E-state index contributed by atoms with van der Waals surface area (Å²) in [5.74, 6) is 0.307. The van der Waals surface area contributed by atoms with Crippen molar-refractivity contribution in [3.63, 3.8) is 0 Å². The molecule has 1 atom stereocenters. The predicted molar refractivity (Wildman–Crippen MR) is 61.0 cm³/mol. The van der Waals surface area contributed by atoms with Gasteiger partial charge in [0, 0.05) is 12.8 Å². The van der Waals surface area contributed by atoms with Crippen LogP contribution in [0.4, 0.5) is 13.2 Å². The molecule has 0 amide bonds. The van der Waals surface area contributed by atoms with E-state index in [-0.39, 0.29) is 17.6 Å². The van der Waals surface area contributed by atoms with Crippen molar-refractivity contribution in [2.75, 3.05) is 0 Å². The van der Waals surface area contributed by atoms with Gasteiger partial charge in [0.2, 0.25) is 0 Å². The summed E-state index contributed by atoms with van der Waals surface area (Å²) in [6, 6.07) is 5.18. The zero-order valence-corrected chi connectivity index (χ0v) is 10.1. The number of carbonyl (C=O) groups excluding carboxylic acids is 1. The summed E-state index contributed by atoms with van der Waals surface area (Å²) in [6.07, 6.45) is -2.36. The molecule has 0 saturated heterocycles. The highest BCUT2D eigenvalue weighted by atomic mass is 19.4. The quantitative estimate of drug-likeness (QED) is 0.846. The van der Waals surface area contributed by atoms with Crippen LogP contribution >= 0.6 is 0 Å². The van der Waals surface area contributed by atoms with Gasteiger partial charge in [0.05, 0.1) is 0 Å². The van der Waals surface area contributed by atoms with E-state index in [1.165, 1.54) is 24.3 Å². The smallest absolute Gasteiger partial charge is 0.490 e. The number of carbonyl (C=O) groups is 1. The molecule has 0 bridgehead atoms. The van der Waals surface area contributed by atoms with E-state index in [1.54, 1.807) is 0 Å². The Morgan fingerprint density at radius 3 is 2.32 bits per heavy atom. The third-order valence-corrected chi connectivity index (χ3v) is 2.80. The first kappa shape index (κ1) is 13.7. The minimum absolute atomic E-state index is 0.160. The number of rotatable bonds is 3. The molecule has 0 heterocycles. The van der Waals surface area contributed by atoms with E-state index in [1.807, 2.05) is 0 Å². The lowest BCUT2D eigenvalue weighted by molar-refractivity contribution is -0.274. The molecule has 1 aliphatic carbocycles. The number of ketones is 1. The fourth-order valence-electron chi connectivity index (χ4n) is 2.00. The van der Waals surface area contributed by atoms with Gasteiger partial charge in [-0.1, -0.05) is 0 Å². The second kappa shape index (κ2) is 5.50. The first-order chi connectivity index (χ1) is 8.92. The van der Waals surface area contributed by atoms with Gasteiger partial charge in [-0.15, -0.1) is 13.2 Å². The van der Waals surface area contributed by atoms with Crippen LogP contribution in [0.1, 0.15) is 25.7 Å². The Bertz CT molecular complexity index is 439. The van der Waals surface area contributed by atoms with Gasteiger partial charge in [-0.2, -0.15) is 0 Å². The van der Waals surface area contributed by atoms with E-state index in [0.29, 0.717) is 18.6 Å². The van der Waals surface area contributed by atoms with Crippen molar-refractivity contribution in [3.8, 4) is 11.5 Å². The fourth-order valence-corrected chi connectivity index (χ4v) is 2.00. The Hall–Kier alpha value is -1.72. The largest absolute Gasteiger partial charge is 0.573 e. The van der Waals surface area contributed by atoms with Crippen LogP contribution in [-0.2, 0) is 4.79 Å². The fraction of sp³-hybridized carbons (Fsp3) is 0.462. The number of benzene rings is 1. The van der Waals surface area contributed by atoms with Crippen molar-refractivity contribution >= 4 is 5.78 Å². The third-order valence-electron chi connectivity index (χ3n) is 2.80. The summed E-state index contributed by atoms with van der Waals surface area (Å²) in [5, 5.41) is 0. The van der Waals surface area contributed by atoms with E-state index in [0.717, 1.165) is 12.8 Å². The van der Waals surface area contributed by atoms with Crippen LogP contribution in [-0.4, -0.2) is 18.2 Å². The second-order valence-electron chi connectivity index (χ2n) is 4.39. The highest BCUT2D eigenvalue weighted by Crippen LogP contribution is 2.26. The highest BCUT2D eigenvalue weighted by Gasteiger charge is 2.31. The number of alkyl halides is 3. The molecule has 0 aromatic heterocycles. The Kier molecular flexibility index (Phi) is 3.97. The van der Waals surface area contributed by atoms with Crippen molar-refractivity contribution in [2.45, 2.75) is 38.1 Å². The Balaban J connectivity index is 1.93. The Morgan fingerprint density at radius 2 is 1.74 bits per heavy atom. The lowest BCUT2D eigenvalue weighted by Crippen LogP contribution is -2.25. The lowest BCUT2D eigenvalue weighted by Gasteiger charge is -2.22. The van der Waals surface area contributed by atoms with Gasteiger partial charge in [-0.05, 0) is 37.1 Å². The van der Waals surface area contributed by atoms with E-state index < -0.39 is 6.36 Å². The predicted octanol–water partition coefficient (Wildman–Crippen LogP) is 3.48. The molecule has 0 spiro atoms. The molecule has 19 heavy (non-hydrogen) atoms. The average molecular weight is 274 g/mol. The summed E-state index contributed by atoms with van der Waals surface area (Å²) in [6.45, 7) is 0. The van der Waals surface area contributed by atoms with E-state index >= 15 is 0 Å². The zero-order valence-electron chi connectivity index (χ0n) is 10.1. The number of hydrogen-bond acceptors (Lipinski definition) is 3. The lowest BCUT2D eigenvalue weighted by atomic mass is 9.96. The molecule has 0 aliphatic heterocycles. The maximum atomic E-state index is 12.0. The molecule has 0 N–H and O–H groups in total. The van der Waals surface area contributed by atoms with Crippen LogP contribution in [0.2, 0.25) is 0 Å². The summed E-state index contributed by atoms with van der Waals surface area (Å²) in [5.41, 5.74) is 0. The Morgan fingerprint density at radius 1 is 1.11 bits per heavy atom. The standard InChI is InChI=1S/C13H13F3O3/c14-13(15,16)19-11-6-4-10(5-7-11)18-12-3-1-2-9(17)8-12/h4-7,12H,1-3,8H2. The average Bonchev–Trinajstić information content (AvgIpc) is 2.30. The normalized spacial score (nSPS) is 20.2. The molecule has 6 heteroatoms. The third kappa shape index (κ3) is 4.46. The number of hydrogen-bond donors (Lipinski definition) is 0. The summed E-state index contributed by atoms with van der Waals surface area (Å²) >= 11 is 0. The SMILES string of the molecule is O=C1CCCC(Oc2ccc(OC(F)(F)F)cc2)C1. The monoisotopic (exact) mass is 274 g/mol. The van der Waals surface area contributed by atoms with Crippen molar-refractivity contribution in [1.29, 1.82) is 0 Å². The van der Waals surface area contributed by atoms with Gasteiger partial charge < -0.3 is 9.47 Å². The number of halogens is 3. The molecule has 1 aromatic rings. The Labute approximate surface area is 108 Å². The zero-order chi connectivity index (χ0) is 13.9. The van der Waals surface area contributed by atoms with Crippen LogP contribution in [0.5, 0.6) is 11.5 Å². The topological polar surface area (TPSA) is 35.5 Å². The maximum Gasteiger partial charge on any atom is 0.573 e. The van der Waals surface area contributed by atoms with E-state index in [4.69, 9.17) is 4.74 Å². The molecule has 104 valence electrons. The molecule has 1 aliphatic rings. The number of ether oxygens (including phenoxy) is 2. The van der Waals surface area contributed by atoms with Gasteiger partial charge in [0.25, 0.3) is 0 Å². The maximum absolute atomic E-state index is 12.0. The van der Waals surface area contributed by atoms with Crippen LogP contribution in [0.15, 0.2) is 24.3 Å². The first-order valence-electron chi connectivity index (χ1n) is 5.96. The van der Waals surface area contributed by atoms with E-state index in [2.05, 4.69) is 4.74 Å². The van der Waals surface area contributed by atoms with Crippen LogP contribution in [0.25, 0.3) is 0 Å². The summed E-state index contributed by atoms with van der Waals surface area (Å²) in [7, 11) is 0. The minimum Gasteiger partial charge on any atom is -0.490 e. The van der Waals surface area contributed by atoms with Crippen molar-refractivity contribution in [2.24, 2.45) is 0 Å². The highest BCUT2D eigenvalue weighted by molar-refractivity contribution is 5.79. The molecule has 0 radical (unpaired) electrons. The summed E-state index contributed by atoms with van der Waals surface area (Å²) < 4.78 is 45.2. The molecule has 1 fully saturated rings. The molecule has 1 aromatic carbocycles. The van der Waals surface area contributed by atoms with Crippen molar-refractivity contribution in [3.05, 3.63) is 24.3 Å². The molecule has 3 nitrogen and oxygen atoms in total. The molecule has 1 saturated carbocycles. The molecular weight excluding hydrogens is 261 g/mol. The van der Waals surface area contributed by atoms with Crippen LogP contribution in [0.3, 0.4) is 0 Å². The second-order valence-corrected chi connectivity index (χ2v) is 4.39. The number of Topliss-reactive ketones (excluding diaryl/α,β-unsaturated/α-hetero) is 1.